The molecule has 0 aliphatic carbocycles. The fourth-order valence-corrected chi connectivity index (χ4v) is 4.16. The predicted octanol–water partition coefficient (Wildman–Crippen LogP) is 4.18. The number of ether oxygens (including phenoxy) is 2. The molecular weight excluding hydrogens is 364 g/mol. The van der Waals surface area contributed by atoms with Gasteiger partial charge in [0.25, 0.3) is 0 Å². The Bertz CT molecular complexity index is 1020. The van der Waals surface area contributed by atoms with Crippen LogP contribution in [-0.2, 0) is 6.54 Å². The lowest BCUT2D eigenvalue weighted by Crippen LogP contribution is -2.37. The molecule has 0 bridgehead atoms. The summed E-state index contributed by atoms with van der Waals surface area (Å²) < 4.78 is 10.9. The van der Waals surface area contributed by atoms with E-state index in [4.69, 9.17) is 14.5 Å². The summed E-state index contributed by atoms with van der Waals surface area (Å²) in [5.41, 5.74) is 5.28. The van der Waals surface area contributed by atoms with Crippen LogP contribution < -0.4 is 9.47 Å². The third-order valence-corrected chi connectivity index (χ3v) is 5.66. The Morgan fingerprint density at radius 1 is 1.10 bits per heavy atom. The summed E-state index contributed by atoms with van der Waals surface area (Å²) in [6.45, 7) is 4.55. The van der Waals surface area contributed by atoms with Gasteiger partial charge in [-0.25, -0.2) is 4.98 Å². The van der Waals surface area contributed by atoms with E-state index < -0.39 is 0 Å². The Morgan fingerprint density at radius 2 is 1.93 bits per heavy atom. The Hall–Kier alpha value is -2.63. The van der Waals surface area contributed by atoms with Crippen molar-refractivity contribution in [2.75, 3.05) is 27.3 Å². The zero-order chi connectivity index (χ0) is 20.4. The second-order valence-corrected chi connectivity index (χ2v) is 7.74. The predicted molar refractivity (Wildman–Crippen MR) is 116 cm³/mol. The summed E-state index contributed by atoms with van der Waals surface area (Å²) in [5, 5.41) is 11.2. The third-order valence-electron chi connectivity index (χ3n) is 5.66. The summed E-state index contributed by atoms with van der Waals surface area (Å²) in [4.78, 5) is 7.39. The molecule has 0 amide bonds. The smallest absolute Gasteiger partial charge is 0.161 e. The molecule has 1 saturated heterocycles. The van der Waals surface area contributed by atoms with E-state index in [1.165, 1.54) is 0 Å². The van der Waals surface area contributed by atoms with Gasteiger partial charge in [0.1, 0.15) is 0 Å². The van der Waals surface area contributed by atoms with E-state index in [0.717, 1.165) is 59.2 Å². The molecular formula is C24H28N2O3. The van der Waals surface area contributed by atoms with Crippen LogP contribution in [-0.4, -0.2) is 48.4 Å². The molecule has 1 atom stereocenters. The van der Waals surface area contributed by atoms with Crippen molar-refractivity contribution in [3.05, 3.63) is 53.6 Å². The number of fused-ring (bicyclic) bond motifs is 1. The van der Waals surface area contributed by atoms with E-state index in [2.05, 4.69) is 36.1 Å². The molecule has 1 N–H and O–H groups in total. The number of nitrogens with zero attached hydrogens (tertiary/aromatic N) is 2. The van der Waals surface area contributed by atoms with Crippen LogP contribution in [0.3, 0.4) is 0 Å². The number of pyridine rings is 1. The fraction of sp³-hybridized carbons (Fsp3) is 0.375. The lowest BCUT2D eigenvalue weighted by molar-refractivity contribution is 0.0669. The molecule has 0 unspecified atom stereocenters. The second kappa shape index (κ2) is 8.39. The lowest BCUT2D eigenvalue weighted by Gasteiger charge is -2.30. The quantitative estimate of drug-likeness (QED) is 0.706. The normalized spacial score (nSPS) is 17.4. The van der Waals surface area contributed by atoms with Crippen molar-refractivity contribution >= 4 is 10.9 Å². The zero-order valence-electron chi connectivity index (χ0n) is 17.3. The first-order valence-electron chi connectivity index (χ1n) is 10.1. The van der Waals surface area contributed by atoms with Gasteiger partial charge in [0.05, 0.1) is 31.5 Å². The molecule has 152 valence electrons. The highest BCUT2D eigenvalue weighted by Gasteiger charge is 2.20. The van der Waals surface area contributed by atoms with Gasteiger partial charge >= 0.3 is 0 Å². The fourth-order valence-electron chi connectivity index (χ4n) is 4.16. The van der Waals surface area contributed by atoms with Crippen LogP contribution in [0.1, 0.15) is 24.0 Å². The summed E-state index contributed by atoms with van der Waals surface area (Å²) >= 11 is 0. The summed E-state index contributed by atoms with van der Waals surface area (Å²) in [5.74, 6) is 1.39. The molecule has 3 aromatic rings. The zero-order valence-corrected chi connectivity index (χ0v) is 17.3. The number of hydrogen-bond acceptors (Lipinski definition) is 5. The first kappa shape index (κ1) is 19.7. The maximum Gasteiger partial charge on any atom is 0.161 e. The van der Waals surface area contributed by atoms with Crippen LogP contribution in [0.15, 0.2) is 42.5 Å². The number of piperidine rings is 1. The van der Waals surface area contributed by atoms with E-state index in [9.17, 15) is 5.11 Å². The lowest BCUT2D eigenvalue weighted by atomic mass is 10.00. The van der Waals surface area contributed by atoms with Crippen molar-refractivity contribution in [3.8, 4) is 22.8 Å². The highest BCUT2D eigenvalue weighted by Crippen LogP contribution is 2.35. The Morgan fingerprint density at radius 3 is 2.69 bits per heavy atom. The molecule has 0 saturated carbocycles. The molecule has 1 aliphatic rings. The number of aromatic nitrogens is 1. The highest BCUT2D eigenvalue weighted by molar-refractivity contribution is 5.86. The molecule has 0 spiro atoms. The number of para-hydroxylation sites is 1. The molecule has 1 aromatic heterocycles. The van der Waals surface area contributed by atoms with Crippen LogP contribution >= 0.6 is 0 Å². The van der Waals surface area contributed by atoms with Gasteiger partial charge in [0.15, 0.2) is 11.5 Å². The van der Waals surface area contributed by atoms with Crippen molar-refractivity contribution in [2.45, 2.75) is 32.4 Å². The van der Waals surface area contributed by atoms with Crippen LogP contribution in [0.2, 0.25) is 0 Å². The molecule has 2 heterocycles. The molecule has 29 heavy (non-hydrogen) atoms. The Kier molecular flexibility index (Phi) is 5.69. The van der Waals surface area contributed by atoms with Crippen molar-refractivity contribution in [3.63, 3.8) is 0 Å². The topological polar surface area (TPSA) is 54.8 Å². The standard InChI is InChI=1S/C24H28N2O3/c1-16-6-4-7-17-12-19(14-26-11-5-8-20(27)15-26)24(25-23(16)17)18-9-10-21(28-2)22(13-18)29-3/h4,6-7,9-10,12-13,20,27H,5,8,11,14-15H2,1-3H3/t20-/m0/s1. The molecule has 5 heteroatoms. The Labute approximate surface area is 171 Å². The minimum atomic E-state index is -0.246. The minimum Gasteiger partial charge on any atom is -0.493 e. The van der Waals surface area contributed by atoms with E-state index in [1.54, 1.807) is 14.2 Å². The summed E-state index contributed by atoms with van der Waals surface area (Å²) in [6.07, 6.45) is 1.66. The van der Waals surface area contributed by atoms with Gasteiger partial charge < -0.3 is 14.6 Å². The SMILES string of the molecule is COc1ccc(-c2nc3c(C)cccc3cc2CN2CCC[C@H](O)C2)cc1OC. The van der Waals surface area contributed by atoms with Crippen molar-refractivity contribution < 1.29 is 14.6 Å². The van der Waals surface area contributed by atoms with E-state index in [-0.39, 0.29) is 6.10 Å². The van der Waals surface area contributed by atoms with Gasteiger partial charge in [-0.3, -0.25) is 4.90 Å². The minimum absolute atomic E-state index is 0.246. The van der Waals surface area contributed by atoms with Gasteiger partial charge in [-0.2, -0.15) is 0 Å². The molecule has 2 aromatic carbocycles. The second-order valence-electron chi connectivity index (χ2n) is 7.74. The van der Waals surface area contributed by atoms with Gasteiger partial charge in [0.2, 0.25) is 0 Å². The summed E-state index contributed by atoms with van der Waals surface area (Å²) in [7, 11) is 3.29. The number of rotatable bonds is 5. The molecule has 4 rings (SSSR count). The van der Waals surface area contributed by atoms with E-state index in [1.807, 2.05) is 18.2 Å². The number of benzene rings is 2. The number of aliphatic hydroxyl groups excluding tert-OH is 1. The number of hydrogen-bond donors (Lipinski definition) is 1. The number of aryl methyl sites for hydroxylation is 1. The largest absolute Gasteiger partial charge is 0.493 e. The van der Waals surface area contributed by atoms with Crippen LogP contribution in [0.5, 0.6) is 11.5 Å². The first-order chi connectivity index (χ1) is 14.1. The van der Waals surface area contributed by atoms with E-state index >= 15 is 0 Å². The maximum atomic E-state index is 10.1. The number of aliphatic hydroxyl groups is 1. The summed E-state index contributed by atoms with van der Waals surface area (Å²) in [6, 6.07) is 14.5. The number of β-amino-alcohol motifs (C(OH)–C–C–N with tert-alkyl or cyclic N) is 1. The monoisotopic (exact) mass is 392 g/mol. The number of methoxy groups -OCH3 is 2. The maximum absolute atomic E-state index is 10.1. The van der Waals surface area contributed by atoms with Gasteiger partial charge in [0, 0.05) is 24.0 Å². The van der Waals surface area contributed by atoms with Gasteiger partial charge in [-0.15, -0.1) is 0 Å². The van der Waals surface area contributed by atoms with Crippen LogP contribution in [0, 0.1) is 6.92 Å². The van der Waals surface area contributed by atoms with Crippen molar-refractivity contribution in [2.24, 2.45) is 0 Å². The van der Waals surface area contributed by atoms with Gasteiger partial charge in [-0.05, 0) is 61.7 Å². The first-order valence-corrected chi connectivity index (χ1v) is 10.1. The Balaban J connectivity index is 1.83. The number of likely N-dealkylation sites (tertiary alicyclic amines) is 1. The third kappa shape index (κ3) is 4.07. The highest BCUT2D eigenvalue weighted by atomic mass is 16.5. The van der Waals surface area contributed by atoms with E-state index in [0.29, 0.717) is 18.0 Å². The van der Waals surface area contributed by atoms with Crippen LogP contribution in [0.4, 0.5) is 0 Å². The average Bonchev–Trinajstić information content (AvgIpc) is 2.73. The van der Waals surface area contributed by atoms with Gasteiger partial charge in [-0.1, -0.05) is 18.2 Å². The van der Waals surface area contributed by atoms with Crippen molar-refractivity contribution in [1.82, 2.24) is 9.88 Å². The molecule has 5 nitrogen and oxygen atoms in total. The molecule has 1 aliphatic heterocycles. The van der Waals surface area contributed by atoms with Crippen molar-refractivity contribution in [1.29, 1.82) is 0 Å². The average molecular weight is 392 g/mol. The molecule has 1 fully saturated rings. The molecule has 0 radical (unpaired) electrons. The van der Waals surface area contributed by atoms with Crippen LogP contribution in [0.25, 0.3) is 22.2 Å².